The van der Waals surface area contributed by atoms with Gasteiger partial charge in [0.1, 0.15) is 22.5 Å². The summed E-state index contributed by atoms with van der Waals surface area (Å²) in [6.45, 7) is 4.96. The lowest BCUT2D eigenvalue weighted by molar-refractivity contribution is -0.121. The standard InChI is InChI=1S/C29H36N8O4/c1-19(2)23-18-27(40)33-28(32-23)34-29(41)31-16-8-4-3-7-15-30-26(39)14-12-20-11-13-25(38)24(17-20)37-35-21-9-5-6-10-22(21)36-37/h5-6,9-11,13,17-19,38H,3-4,7-8,12,14-16H2,1-2H3,(H,30,39)(H3,31,32,33,34,40,41). The molecule has 41 heavy (non-hydrogen) atoms. The number of aromatic amines is 1. The lowest BCUT2D eigenvalue weighted by Gasteiger charge is -2.10. The summed E-state index contributed by atoms with van der Waals surface area (Å²) in [5.41, 5.74) is 3.15. The van der Waals surface area contributed by atoms with E-state index in [9.17, 15) is 19.5 Å². The molecular weight excluding hydrogens is 524 g/mol. The topological polar surface area (TPSA) is 167 Å². The smallest absolute Gasteiger partial charge is 0.321 e. The Morgan fingerprint density at radius 2 is 1.63 bits per heavy atom. The van der Waals surface area contributed by atoms with E-state index in [1.54, 1.807) is 18.2 Å². The molecule has 4 aromatic rings. The van der Waals surface area contributed by atoms with Gasteiger partial charge < -0.3 is 20.7 Å². The number of anilines is 1. The van der Waals surface area contributed by atoms with Crippen LogP contribution in [-0.4, -0.2) is 55.1 Å². The molecule has 0 aliphatic carbocycles. The number of urea groups is 1. The Morgan fingerprint density at radius 3 is 2.32 bits per heavy atom. The molecule has 2 heterocycles. The first-order valence-corrected chi connectivity index (χ1v) is 13.9. The van der Waals surface area contributed by atoms with E-state index in [0.717, 1.165) is 42.3 Å². The zero-order chi connectivity index (χ0) is 29.2. The first-order valence-electron chi connectivity index (χ1n) is 13.9. The first-order chi connectivity index (χ1) is 19.8. The number of aromatic hydroxyl groups is 1. The van der Waals surface area contributed by atoms with Crippen molar-refractivity contribution in [3.05, 3.63) is 70.1 Å². The normalized spacial score (nSPS) is 11.1. The number of aryl methyl sites for hydroxylation is 1. The van der Waals surface area contributed by atoms with E-state index < -0.39 is 11.6 Å². The lowest BCUT2D eigenvalue weighted by Crippen LogP contribution is -2.31. The third kappa shape index (κ3) is 8.62. The molecule has 0 aliphatic rings. The molecule has 0 spiro atoms. The highest BCUT2D eigenvalue weighted by Gasteiger charge is 2.11. The number of fused-ring (bicyclic) bond motifs is 1. The van der Waals surface area contributed by atoms with Gasteiger partial charge in [-0.05, 0) is 55.0 Å². The number of rotatable bonds is 13. The monoisotopic (exact) mass is 560 g/mol. The van der Waals surface area contributed by atoms with E-state index in [1.165, 1.54) is 10.9 Å². The number of phenols is 1. The van der Waals surface area contributed by atoms with Crippen LogP contribution in [0, 0.1) is 0 Å². The van der Waals surface area contributed by atoms with E-state index in [1.807, 2.05) is 38.1 Å². The quantitative estimate of drug-likeness (QED) is 0.155. The highest BCUT2D eigenvalue weighted by atomic mass is 16.3. The summed E-state index contributed by atoms with van der Waals surface area (Å²) < 4.78 is 0. The van der Waals surface area contributed by atoms with Crippen molar-refractivity contribution in [2.45, 2.75) is 58.3 Å². The number of hydrogen-bond donors (Lipinski definition) is 5. The van der Waals surface area contributed by atoms with Crippen LogP contribution in [0.4, 0.5) is 10.7 Å². The highest BCUT2D eigenvalue weighted by Crippen LogP contribution is 2.23. The van der Waals surface area contributed by atoms with E-state index in [2.05, 4.69) is 36.1 Å². The number of unbranched alkanes of at least 4 members (excludes halogenated alkanes) is 3. The van der Waals surface area contributed by atoms with Gasteiger partial charge in [-0.3, -0.25) is 14.9 Å². The average molecular weight is 561 g/mol. The third-order valence-electron chi connectivity index (χ3n) is 6.51. The zero-order valence-electron chi connectivity index (χ0n) is 23.3. The number of phenolic OH excluding ortho intramolecular Hbond substituents is 1. The second kappa shape index (κ2) is 14.1. The van der Waals surface area contributed by atoms with Gasteiger partial charge >= 0.3 is 6.03 Å². The van der Waals surface area contributed by atoms with Crippen LogP contribution in [0.15, 0.2) is 53.3 Å². The van der Waals surface area contributed by atoms with Gasteiger partial charge in [-0.15, -0.1) is 15.0 Å². The van der Waals surface area contributed by atoms with Crippen LogP contribution in [0.5, 0.6) is 5.75 Å². The number of benzene rings is 2. The van der Waals surface area contributed by atoms with Gasteiger partial charge in [-0.2, -0.15) is 4.98 Å². The van der Waals surface area contributed by atoms with Crippen molar-refractivity contribution in [3.63, 3.8) is 0 Å². The first kappa shape index (κ1) is 29.2. The van der Waals surface area contributed by atoms with Crippen LogP contribution in [0.3, 0.4) is 0 Å². The van der Waals surface area contributed by atoms with Gasteiger partial charge in [-0.1, -0.05) is 44.9 Å². The molecule has 216 valence electrons. The average Bonchev–Trinajstić information content (AvgIpc) is 3.38. The highest BCUT2D eigenvalue weighted by molar-refractivity contribution is 5.87. The van der Waals surface area contributed by atoms with Crippen LogP contribution in [0.25, 0.3) is 16.7 Å². The molecule has 0 unspecified atom stereocenters. The van der Waals surface area contributed by atoms with E-state index in [-0.39, 0.29) is 23.5 Å². The summed E-state index contributed by atoms with van der Waals surface area (Å²) in [7, 11) is 0. The van der Waals surface area contributed by atoms with Crippen LogP contribution in [0.2, 0.25) is 0 Å². The maximum absolute atomic E-state index is 12.3. The molecule has 0 bridgehead atoms. The van der Waals surface area contributed by atoms with Crippen LogP contribution in [-0.2, 0) is 11.2 Å². The summed E-state index contributed by atoms with van der Waals surface area (Å²) in [5.74, 6) is 0.274. The van der Waals surface area contributed by atoms with Crippen molar-refractivity contribution in [2.75, 3.05) is 18.4 Å². The fourth-order valence-corrected chi connectivity index (χ4v) is 4.23. The molecule has 3 amide bonds. The van der Waals surface area contributed by atoms with E-state index in [4.69, 9.17) is 0 Å². The van der Waals surface area contributed by atoms with Gasteiger partial charge in [-0.25, -0.2) is 4.79 Å². The minimum atomic E-state index is -0.420. The number of carbonyl (C=O) groups excluding carboxylic acids is 2. The second-order valence-corrected chi connectivity index (χ2v) is 10.1. The summed E-state index contributed by atoms with van der Waals surface area (Å²) in [6.07, 6.45) is 4.31. The van der Waals surface area contributed by atoms with Crippen molar-refractivity contribution < 1.29 is 14.7 Å². The fraction of sp³-hybridized carbons (Fsp3) is 0.379. The summed E-state index contributed by atoms with van der Waals surface area (Å²) in [4.78, 5) is 44.2. The van der Waals surface area contributed by atoms with Gasteiger partial charge in [0.2, 0.25) is 11.9 Å². The van der Waals surface area contributed by atoms with Gasteiger partial charge in [0.25, 0.3) is 5.56 Å². The molecule has 5 N–H and O–H groups in total. The largest absolute Gasteiger partial charge is 0.506 e. The number of hydrogen-bond acceptors (Lipinski definition) is 7. The lowest BCUT2D eigenvalue weighted by atomic mass is 10.1. The van der Waals surface area contributed by atoms with Crippen molar-refractivity contribution in [2.24, 2.45) is 0 Å². The number of nitrogens with one attached hydrogen (secondary N) is 4. The molecule has 12 nitrogen and oxygen atoms in total. The Hall–Kier alpha value is -4.74. The third-order valence-corrected chi connectivity index (χ3v) is 6.51. The fourth-order valence-electron chi connectivity index (χ4n) is 4.23. The maximum atomic E-state index is 12.3. The molecule has 0 saturated carbocycles. The zero-order valence-corrected chi connectivity index (χ0v) is 23.3. The second-order valence-electron chi connectivity index (χ2n) is 10.1. The summed E-state index contributed by atoms with van der Waals surface area (Å²) in [6, 6.07) is 13.7. The molecule has 0 fully saturated rings. The predicted octanol–water partition coefficient (Wildman–Crippen LogP) is 3.76. The number of H-pyrrole nitrogens is 1. The van der Waals surface area contributed by atoms with E-state index >= 15 is 0 Å². The van der Waals surface area contributed by atoms with Crippen LogP contribution >= 0.6 is 0 Å². The number of amides is 3. The SMILES string of the molecule is CC(C)c1cc(=O)nc(NC(=O)NCCCCCCNC(=O)CCc2ccc(O)c(-n3nc4ccccc4n3)c2)[nH]1. The van der Waals surface area contributed by atoms with Gasteiger partial charge in [0.15, 0.2) is 0 Å². The van der Waals surface area contributed by atoms with Gasteiger partial charge in [0.05, 0.1) is 0 Å². The van der Waals surface area contributed by atoms with Crippen molar-refractivity contribution in [3.8, 4) is 11.4 Å². The van der Waals surface area contributed by atoms with Gasteiger partial charge in [0, 0.05) is 31.3 Å². The minimum Gasteiger partial charge on any atom is -0.506 e. The molecule has 12 heteroatoms. The van der Waals surface area contributed by atoms with E-state index in [0.29, 0.717) is 37.3 Å². The summed E-state index contributed by atoms with van der Waals surface area (Å²) >= 11 is 0. The Balaban J connectivity index is 1.09. The van der Waals surface area contributed by atoms with Crippen molar-refractivity contribution >= 4 is 28.9 Å². The molecular formula is C29H36N8O4. The number of nitrogens with zero attached hydrogens (tertiary/aromatic N) is 4. The molecule has 0 aliphatic heterocycles. The minimum absolute atomic E-state index is 0.0332. The maximum Gasteiger partial charge on any atom is 0.321 e. The molecule has 2 aromatic carbocycles. The van der Waals surface area contributed by atoms with Crippen molar-refractivity contribution in [1.29, 1.82) is 0 Å². The molecule has 0 atom stereocenters. The molecule has 4 rings (SSSR count). The Morgan fingerprint density at radius 1 is 0.951 bits per heavy atom. The number of aromatic nitrogens is 5. The molecule has 0 radical (unpaired) electrons. The molecule has 0 saturated heterocycles. The number of carbonyl (C=O) groups is 2. The Bertz CT molecular complexity index is 1510. The molecule has 2 aromatic heterocycles. The van der Waals surface area contributed by atoms with Crippen LogP contribution < -0.4 is 21.5 Å². The Kier molecular flexibility index (Phi) is 10.0. The Labute approximate surface area is 237 Å². The predicted molar refractivity (Wildman–Crippen MR) is 156 cm³/mol. The van der Waals surface area contributed by atoms with Crippen molar-refractivity contribution in [1.82, 2.24) is 35.6 Å². The summed E-state index contributed by atoms with van der Waals surface area (Å²) in [5, 5.41) is 27.4. The van der Waals surface area contributed by atoms with Crippen LogP contribution in [0.1, 0.15) is 63.1 Å².